The minimum atomic E-state index is -0.888. The van der Waals surface area contributed by atoms with Gasteiger partial charge in [0.05, 0.1) is 6.61 Å². The van der Waals surface area contributed by atoms with Crippen molar-refractivity contribution in [2.45, 2.75) is 31.5 Å². The van der Waals surface area contributed by atoms with Gasteiger partial charge in [-0.3, -0.25) is 9.98 Å². The van der Waals surface area contributed by atoms with E-state index in [1.54, 1.807) is 17.7 Å². The minimum absolute atomic E-state index is 0.143. The second kappa shape index (κ2) is 3.52. The molecule has 1 fully saturated rings. The molecule has 3 N–H and O–H groups in total. The smallest absolute Gasteiger partial charge is 0.301 e. The highest BCUT2D eigenvalue weighted by Gasteiger charge is 2.50. The van der Waals surface area contributed by atoms with Gasteiger partial charge in [0.25, 0.3) is 0 Å². The molecule has 7 heteroatoms. The molecule has 1 aromatic rings. The average molecular weight is 239 g/mol. The molecular weight excluding hydrogens is 226 g/mol. The number of nitrogens with zero attached hydrogens (tertiary/aromatic N) is 2. The summed E-state index contributed by atoms with van der Waals surface area (Å²) in [6.45, 7) is 1.52. The third-order valence-corrected chi connectivity index (χ3v) is 3.14. The highest BCUT2D eigenvalue weighted by molar-refractivity contribution is 5.14. The number of hydrogen-bond acceptors (Lipinski definition) is 6. The fraction of sp³-hybridized carbons (Fsp3) is 0.600. The average Bonchev–Trinajstić information content (AvgIpc) is 2.78. The number of aryl methyl sites for hydroxylation is 1. The van der Waals surface area contributed by atoms with Crippen LogP contribution in [-0.2, 0) is 4.74 Å². The zero-order valence-corrected chi connectivity index (χ0v) is 9.20. The van der Waals surface area contributed by atoms with Crippen LogP contribution < -0.4 is 10.2 Å². The van der Waals surface area contributed by atoms with Gasteiger partial charge in [-0.1, -0.05) is 0 Å². The van der Waals surface area contributed by atoms with Gasteiger partial charge in [-0.05, 0) is 6.92 Å². The number of aliphatic hydroxyl groups is 2. The summed E-state index contributed by atoms with van der Waals surface area (Å²) >= 11 is 0. The van der Waals surface area contributed by atoms with Crippen molar-refractivity contribution < 1.29 is 19.7 Å². The van der Waals surface area contributed by atoms with Crippen LogP contribution in [0, 0.1) is 12.3 Å². The molecule has 0 radical (unpaired) electrons. The highest BCUT2D eigenvalue weighted by Crippen LogP contribution is 2.38. The van der Waals surface area contributed by atoms with Crippen molar-refractivity contribution in [2.75, 3.05) is 6.61 Å². The second-order valence-corrected chi connectivity index (χ2v) is 4.28. The van der Waals surface area contributed by atoms with Crippen LogP contribution in [-0.4, -0.2) is 44.7 Å². The van der Waals surface area contributed by atoms with Gasteiger partial charge in [-0.2, -0.15) is 4.98 Å². The van der Waals surface area contributed by atoms with Crippen molar-refractivity contribution in [3.63, 3.8) is 0 Å². The number of aromatic nitrogens is 2. The van der Waals surface area contributed by atoms with Crippen molar-refractivity contribution in [3.8, 4) is 6.01 Å². The summed E-state index contributed by atoms with van der Waals surface area (Å²) in [4.78, 5) is 3.97. The van der Waals surface area contributed by atoms with E-state index in [-0.39, 0.29) is 18.1 Å². The van der Waals surface area contributed by atoms with Gasteiger partial charge in [0.1, 0.15) is 12.2 Å². The first kappa shape index (κ1) is 10.7. The molecule has 0 aromatic carbocycles. The molecule has 4 atom stereocenters. The Bertz CT molecular complexity index is 515. The van der Waals surface area contributed by atoms with E-state index < -0.39 is 24.5 Å². The quantitative estimate of drug-likeness (QED) is 0.564. The number of hydrogen-bond donors (Lipinski definition) is 3. The van der Waals surface area contributed by atoms with Gasteiger partial charge in [0.15, 0.2) is 17.8 Å². The number of aliphatic hydroxyl groups excluding tert-OH is 2. The lowest BCUT2D eigenvalue weighted by atomic mass is 10.1. The number of ether oxygens (including phenoxy) is 2. The van der Waals surface area contributed by atoms with Gasteiger partial charge in [-0.25, -0.2) is 0 Å². The molecule has 0 spiro atoms. The summed E-state index contributed by atoms with van der Waals surface area (Å²) < 4.78 is 12.6. The molecule has 0 bridgehead atoms. The van der Waals surface area contributed by atoms with E-state index >= 15 is 0 Å². The Labute approximate surface area is 96.8 Å². The van der Waals surface area contributed by atoms with Crippen LogP contribution in [0.3, 0.4) is 0 Å². The molecule has 2 aliphatic rings. The first-order chi connectivity index (χ1) is 8.11. The monoisotopic (exact) mass is 239 g/mol. The van der Waals surface area contributed by atoms with Crippen molar-refractivity contribution in [2.24, 2.45) is 0 Å². The number of nitrogens with one attached hydrogen (secondary N) is 1. The number of fused-ring (bicyclic) bond motifs is 3. The van der Waals surface area contributed by atoms with Crippen molar-refractivity contribution in [1.29, 1.82) is 5.41 Å². The maximum Gasteiger partial charge on any atom is 0.301 e. The Morgan fingerprint density at radius 1 is 1.59 bits per heavy atom. The Balaban J connectivity index is 2.02. The van der Waals surface area contributed by atoms with Crippen LogP contribution in [0.2, 0.25) is 0 Å². The predicted octanol–water partition coefficient (Wildman–Crippen LogP) is -1.32. The maximum absolute atomic E-state index is 9.87. The zero-order valence-electron chi connectivity index (χ0n) is 9.20. The molecule has 0 saturated carbocycles. The van der Waals surface area contributed by atoms with E-state index in [1.165, 1.54) is 0 Å². The summed E-state index contributed by atoms with van der Waals surface area (Å²) in [5.41, 5.74) is 0.841. The normalized spacial score (nSPS) is 34.3. The van der Waals surface area contributed by atoms with Gasteiger partial charge >= 0.3 is 6.01 Å². The third kappa shape index (κ3) is 1.40. The Hall–Kier alpha value is -1.44. The fourth-order valence-electron chi connectivity index (χ4n) is 2.18. The van der Waals surface area contributed by atoms with E-state index in [1.807, 2.05) is 0 Å². The third-order valence-electron chi connectivity index (χ3n) is 3.14. The molecule has 3 rings (SSSR count). The molecule has 17 heavy (non-hydrogen) atoms. The first-order valence-corrected chi connectivity index (χ1v) is 5.37. The van der Waals surface area contributed by atoms with Crippen LogP contribution >= 0.6 is 0 Å². The van der Waals surface area contributed by atoms with Gasteiger partial charge < -0.3 is 19.7 Å². The van der Waals surface area contributed by atoms with E-state index in [0.29, 0.717) is 5.56 Å². The molecule has 7 nitrogen and oxygen atoms in total. The lowest BCUT2D eigenvalue weighted by Gasteiger charge is -2.14. The molecule has 3 heterocycles. The van der Waals surface area contributed by atoms with Crippen molar-refractivity contribution in [1.82, 2.24) is 9.55 Å². The van der Waals surface area contributed by atoms with Crippen LogP contribution in [0.4, 0.5) is 0 Å². The molecule has 1 aromatic heterocycles. The molecule has 0 amide bonds. The van der Waals surface area contributed by atoms with E-state index in [2.05, 4.69) is 4.98 Å². The lowest BCUT2D eigenvalue weighted by Crippen LogP contribution is -2.34. The maximum atomic E-state index is 9.87. The van der Waals surface area contributed by atoms with Gasteiger partial charge in [0.2, 0.25) is 0 Å². The van der Waals surface area contributed by atoms with Crippen molar-refractivity contribution in [3.05, 3.63) is 17.2 Å². The fourth-order valence-corrected chi connectivity index (χ4v) is 2.18. The summed E-state index contributed by atoms with van der Waals surface area (Å²) in [5, 5.41) is 26.5. The molecule has 92 valence electrons. The molecular formula is C10H13N3O4. The summed E-state index contributed by atoms with van der Waals surface area (Å²) in [7, 11) is 0. The molecule has 0 aliphatic carbocycles. The first-order valence-electron chi connectivity index (χ1n) is 5.37. The summed E-state index contributed by atoms with van der Waals surface area (Å²) in [5.74, 6) is 0. The van der Waals surface area contributed by atoms with Crippen molar-refractivity contribution >= 4 is 0 Å². The Kier molecular flexibility index (Phi) is 2.22. The number of rotatable bonds is 1. The van der Waals surface area contributed by atoms with Crippen LogP contribution in [0.1, 0.15) is 11.8 Å². The van der Waals surface area contributed by atoms with Gasteiger partial charge in [0, 0.05) is 11.8 Å². The predicted molar refractivity (Wildman–Crippen MR) is 54.2 cm³/mol. The zero-order chi connectivity index (χ0) is 12.2. The van der Waals surface area contributed by atoms with Crippen LogP contribution in [0.15, 0.2) is 6.20 Å². The van der Waals surface area contributed by atoms with Crippen LogP contribution in [0.25, 0.3) is 0 Å². The van der Waals surface area contributed by atoms with Gasteiger partial charge in [-0.15, -0.1) is 0 Å². The topological polar surface area (TPSA) is 101 Å². The summed E-state index contributed by atoms with van der Waals surface area (Å²) in [6.07, 6.45) is -0.866. The standard InChI is InChI=1S/C10H13N3O4/c1-4-2-13-9-7(6(15)5(3-14)16-9)17-10(13)12-8(4)11/h2,5-7,9,11,14-15H,3H2,1H3/t5-,6-,7+,9-/m1/s1. The molecule has 2 aliphatic heterocycles. The van der Waals surface area contributed by atoms with E-state index in [0.717, 1.165) is 0 Å². The Morgan fingerprint density at radius 3 is 3.06 bits per heavy atom. The Morgan fingerprint density at radius 2 is 2.35 bits per heavy atom. The largest absolute Gasteiger partial charge is 0.454 e. The SMILES string of the molecule is Cc1cn2c(nc1=N)O[C@H]1[C@H](O)[C@@H](CO)O[C@H]12. The highest BCUT2D eigenvalue weighted by atomic mass is 16.6. The van der Waals surface area contributed by atoms with Crippen LogP contribution in [0.5, 0.6) is 6.01 Å². The van der Waals surface area contributed by atoms with E-state index in [9.17, 15) is 5.11 Å². The molecule has 1 saturated heterocycles. The lowest BCUT2D eigenvalue weighted by molar-refractivity contribution is -0.0435. The summed E-state index contributed by atoms with van der Waals surface area (Å²) in [6, 6.07) is 0.269. The van der Waals surface area contributed by atoms with E-state index in [4.69, 9.17) is 20.0 Å². The molecule has 0 unspecified atom stereocenters. The second-order valence-electron chi connectivity index (χ2n) is 4.28. The minimum Gasteiger partial charge on any atom is -0.454 e.